The molecule has 1 saturated carbocycles. The fraction of sp³-hybridized carbons (Fsp3) is 0.571. The van der Waals surface area contributed by atoms with E-state index < -0.39 is 0 Å². The highest BCUT2D eigenvalue weighted by Gasteiger charge is 2.48. The molecule has 3 N–H and O–H groups in total. The third-order valence-electron chi connectivity index (χ3n) is 4.08. The second kappa shape index (κ2) is 5.19. The van der Waals surface area contributed by atoms with Gasteiger partial charge < -0.3 is 15.8 Å². The Balaban J connectivity index is 1.91. The molecule has 1 aromatic rings. The molecule has 18 heavy (non-hydrogen) atoms. The van der Waals surface area contributed by atoms with Crippen LogP contribution in [0.4, 0.5) is 5.69 Å². The van der Waals surface area contributed by atoms with Crippen LogP contribution < -0.4 is 11.1 Å². The van der Waals surface area contributed by atoms with Crippen LogP contribution in [0.25, 0.3) is 0 Å². The first-order chi connectivity index (χ1) is 8.45. The second-order valence-electron chi connectivity index (χ2n) is 5.57. The Morgan fingerprint density at radius 2 is 2.22 bits per heavy atom. The van der Waals surface area contributed by atoms with E-state index in [4.69, 9.17) is 10.5 Å². The number of halogens is 1. The molecule has 4 heteroatoms. The summed E-state index contributed by atoms with van der Waals surface area (Å²) in [6, 6.07) is 6.58. The van der Waals surface area contributed by atoms with E-state index in [1.165, 1.54) is 5.56 Å². The van der Waals surface area contributed by atoms with Crippen molar-refractivity contribution >= 4 is 21.6 Å². The molecule has 2 atom stereocenters. The highest BCUT2D eigenvalue weighted by atomic mass is 79.9. The van der Waals surface area contributed by atoms with E-state index in [1.807, 2.05) is 6.07 Å². The van der Waals surface area contributed by atoms with Crippen molar-refractivity contribution in [1.82, 2.24) is 5.32 Å². The van der Waals surface area contributed by atoms with Crippen molar-refractivity contribution in [3.05, 3.63) is 28.2 Å². The van der Waals surface area contributed by atoms with Crippen LogP contribution in [0.1, 0.15) is 25.8 Å². The maximum absolute atomic E-state index is 5.78. The van der Waals surface area contributed by atoms with Crippen molar-refractivity contribution in [2.75, 3.05) is 12.8 Å². The zero-order valence-electron chi connectivity index (χ0n) is 11.2. The van der Waals surface area contributed by atoms with Crippen molar-refractivity contribution in [2.24, 2.45) is 5.41 Å². The molecule has 3 nitrogen and oxygen atoms in total. The molecule has 0 bridgehead atoms. The molecule has 0 amide bonds. The van der Waals surface area contributed by atoms with Gasteiger partial charge in [-0.3, -0.25) is 0 Å². The van der Waals surface area contributed by atoms with Gasteiger partial charge in [-0.25, -0.2) is 0 Å². The smallest absolute Gasteiger partial charge is 0.0652 e. The number of anilines is 1. The lowest BCUT2D eigenvalue weighted by Crippen LogP contribution is -2.60. The third kappa shape index (κ3) is 2.56. The number of ether oxygens (including phenoxy) is 1. The lowest BCUT2D eigenvalue weighted by molar-refractivity contribution is -0.0979. The maximum atomic E-state index is 5.78. The van der Waals surface area contributed by atoms with Crippen LogP contribution in [-0.2, 0) is 11.3 Å². The minimum Gasteiger partial charge on any atom is -0.398 e. The van der Waals surface area contributed by atoms with Crippen LogP contribution in [0.15, 0.2) is 22.7 Å². The van der Waals surface area contributed by atoms with Gasteiger partial charge in [0.2, 0.25) is 0 Å². The molecular weight excluding hydrogens is 292 g/mol. The summed E-state index contributed by atoms with van der Waals surface area (Å²) in [6.07, 6.45) is 1.45. The first kappa shape index (κ1) is 13.8. The number of nitrogen functional groups attached to an aromatic ring is 1. The lowest BCUT2D eigenvalue weighted by atomic mass is 9.64. The molecule has 0 aliphatic heterocycles. The number of benzene rings is 1. The van der Waals surface area contributed by atoms with Gasteiger partial charge >= 0.3 is 0 Å². The van der Waals surface area contributed by atoms with Crippen molar-refractivity contribution in [3.63, 3.8) is 0 Å². The molecule has 1 aliphatic carbocycles. The van der Waals surface area contributed by atoms with E-state index in [2.05, 4.69) is 47.2 Å². The molecule has 100 valence electrons. The van der Waals surface area contributed by atoms with Gasteiger partial charge in [0.15, 0.2) is 0 Å². The van der Waals surface area contributed by atoms with Crippen LogP contribution in [0.5, 0.6) is 0 Å². The van der Waals surface area contributed by atoms with Gasteiger partial charge in [0.1, 0.15) is 0 Å². The van der Waals surface area contributed by atoms with Crippen molar-refractivity contribution < 1.29 is 4.74 Å². The van der Waals surface area contributed by atoms with Crippen LogP contribution in [0.3, 0.4) is 0 Å². The van der Waals surface area contributed by atoms with Crippen LogP contribution >= 0.6 is 15.9 Å². The Hall–Kier alpha value is -0.580. The van der Waals surface area contributed by atoms with E-state index in [1.54, 1.807) is 7.11 Å². The summed E-state index contributed by atoms with van der Waals surface area (Å²) in [5, 5.41) is 3.59. The highest BCUT2D eigenvalue weighted by molar-refractivity contribution is 9.10. The zero-order chi connectivity index (χ0) is 13.3. The molecule has 1 aromatic carbocycles. The minimum atomic E-state index is 0.208. The molecular formula is C14H21BrN2O. The predicted octanol–water partition coefficient (Wildman–Crippen LogP) is 2.93. The first-order valence-corrected chi connectivity index (χ1v) is 7.04. The van der Waals surface area contributed by atoms with Gasteiger partial charge in [-0.2, -0.15) is 0 Å². The first-order valence-electron chi connectivity index (χ1n) is 6.25. The van der Waals surface area contributed by atoms with Crippen LogP contribution in [-0.4, -0.2) is 19.3 Å². The van der Waals surface area contributed by atoms with Gasteiger partial charge in [-0.1, -0.05) is 19.9 Å². The molecule has 0 aromatic heterocycles. The predicted molar refractivity (Wildman–Crippen MR) is 78.4 cm³/mol. The average molecular weight is 313 g/mol. The standard InChI is InChI=1S/C14H21BrN2O/c1-14(2)12(7-13(14)18-3)17-8-9-4-5-11(16)10(15)6-9/h4-6,12-13,17H,7-8,16H2,1-3H3. The van der Waals surface area contributed by atoms with Crippen molar-refractivity contribution in [3.8, 4) is 0 Å². The van der Waals surface area contributed by atoms with Crippen molar-refractivity contribution in [1.29, 1.82) is 0 Å². The Morgan fingerprint density at radius 3 is 2.78 bits per heavy atom. The molecule has 1 fully saturated rings. The Morgan fingerprint density at radius 1 is 1.50 bits per heavy atom. The lowest BCUT2D eigenvalue weighted by Gasteiger charge is -2.51. The third-order valence-corrected chi connectivity index (χ3v) is 4.77. The number of nitrogens with one attached hydrogen (secondary N) is 1. The molecule has 0 saturated heterocycles. The van der Waals surface area contributed by atoms with Gasteiger partial charge in [-0.05, 0) is 40.0 Å². The number of rotatable bonds is 4. The number of hydrogen-bond acceptors (Lipinski definition) is 3. The van der Waals surface area contributed by atoms with Crippen LogP contribution in [0.2, 0.25) is 0 Å². The molecule has 0 spiro atoms. The van der Waals surface area contributed by atoms with E-state index in [0.717, 1.165) is 23.1 Å². The fourth-order valence-corrected chi connectivity index (χ4v) is 2.98. The zero-order valence-corrected chi connectivity index (χ0v) is 12.8. The van der Waals surface area contributed by atoms with Gasteiger partial charge in [0, 0.05) is 35.3 Å². The molecule has 0 heterocycles. The summed E-state index contributed by atoms with van der Waals surface area (Å²) < 4.78 is 6.42. The van der Waals surface area contributed by atoms with E-state index >= 15 is 0 Å². The largest absolute Gasteiger partial charge is 0.398 e. The van der Waals surface area contributed by atoms with Crippen LogP contribution in [0, 0.1) is 5.41 Å². The summed E-state index contributed by atoms with van der Waals surface area (Å²) in [5.74, 6) is 0. The monoisotopic (exact) mass is 312 g/mol. The maximum Gasteiger partial charge on any atom is 0.0652 e. The summed E-state index contributed by atoms with van der Waals surface area (Å²) in [7, 11) is 1.79. The summed E-state index contributed by atoms with van der Waals surface area (Å²) in [6.45, 7) is 5.37. The van der Waals surface area contributed by atoms with Gasteiger partial charge in [-0.15, -0.1) is 0 Å². The van der Waals surface area contributed by atoms with E-state index in [-0.39, 0.29) is 5.41 Å². The SMILES string of the molecule is COC1CC(NCc2ccc(N)c(Br)c2)C1(C)C. The molecule has 2 unspecified atom stereocenters. The number of methoxy groups -OCH3 is 1. The topological polar surface area (TPSA) is 47.3 Å². The Bertz CT molecular complexity index is 434. The summed E-state index contributed by atoms with van der Waals surface area (Å²) in [4.78, 5) is 0. The highest BCUT2D eigenvalue weighted by Crippen LogP contribution is 2.42. The quantitative estimate of drug-likeness (QED) is 0.840. The minimum absolute atomic E-state index is 0.208. The Kier molecular flexibility index (Phi) is 3.99. The molecule has 0 radical (unpaired) electrons. The normalized spacial score (nSPS) is 25.8. The van der Waals surface area contributed by atoms with Gasteiger partial charge in [0.05, 0.1) is 6.10 Å². The number of hydrogen-bond donors (Lipinski definition) is 2. The van der Waals surface area contributed by atoms with Gasteiger partial charge in [0.25, 0.3) is 0 Å². The molecule has 1 aliphatic rings. The second-order valence-corrected chi connectivity index (χ2v) is 6.43. The summed E-state index contributed by atoms with van der Waals surface area (Å²) >= 11 is 3.45. The molecule has 2 rings (SSSR count). The number of nitrogens with two attached hydrogens (primary N) is 1. The van der Waals surface area contributed by atoms with E-state index in [0.29, 0.717) is 12.1 Å². The van der Waals surface area contributed by atoms with E-state index in [9.17, 15) is 0 Å². The summed E-state index contributed by atoms with van der Waals surface area (Å²) in [5.41, 5.74) is 8.01. The Labute approximate surface area is 117 Å². The average Bonchev–Trinajstić information content (AvgIpc) is 2.32. The van der Waals surface area contributed by atoms with Crippen molar-refractivity contribution in [2.45, 2.75) is 39.0 Å². The fourth-order valence-electron chi connectivity index (χ4n) is 2.55.